The average molecular weight is 339 g/mol. The quantitative estimate of drug-likeness (QED) is 0.571. The minimum absolute atomic E-state index is 0.259. The molecule has 1 amide bonds. The van der Waals surface area contributed by atoms with Gasteiger partial charge in [-0.1, -0.05) is 11.6 Å². The first-order valence-electron chi connectivity index (χ1n) is 7.20. The van der Waals surface area contributed by atoms with Crippen molar-refractivity contribution in [3.05, 3.63) is 71.6 Å². The van der Waals surface area contributed by atoms with Crippen LogP contribution in [0.1, 0.15) is 10.6 Å². The molecule has 4 rings (SSSR count). The van der Waals surface area contributed by atoms with Gasteiger partial charge < -0.3 is 14.2 Å². The van der Waals surface area contributed by atoms with Gasteiger partial charge in [-0.15, -0.1) is 0 Å². The van der Waals surface area contributed by atoms with Crippen molar-refractivity contribution in [1.29, 1.82) is 0 Å². The lowest BCUT2D eigenvalue weighted by Gasteiger charge is -2.03. The SMILES string of the molecule is O=C(Nc1ccc(-c2nc3cc(Cl)ccc3o2)cc1)c1ccco1. The number of furan rings is 1. The first-order valence-corrected chi connectivity index (χ1v) is 7.58. The second-order valence-electron chi connectivity index (χ2n) is 5.14. The summed E-state index contributed by atoms with van der Waals surface area (Å²) in [6, 6.07) is 15.8. The van der Waals surface area contributed by atoms with Gasteiger partial charge in [0.1, 0.15) is 5.52 Å². The van der Waals surface area contributed by atoms with E-state index in [1.165, 1.54) is 6.26 Å². The minimum Gasteiger partial charge on any atom is -0.459 e. The predicted molar refractivity (Wildman–Crippen MR) is 91.1 cm³/mol. The molecule has 0 atom stereocenters. The summed E-state index contributed by atoms with van der Waals surface area (Å²) in [5.41, 5.74) is 2.83. The molecule has 0 radical (unpaired) electrons. The summed E-state index contributed by atoms with van der Waals surface area (Å²) >= 11 is 5.96. The lowest BCUT2D eigenvalue weighted by atomic mass is 10.2. The zero-order valence-electron chi connectivity index (χ0n) is 12.3. The second kappa shape index (κ2) is 5.86. The van der Waals surface area contributed by atoms with E-state index in [2.05, 4.69) is 10.3 Å². The monoisotopic (exact) mass is 338 g/mol. The van der Waals surface area contributed by atoms with E-state index in [0.29, 0.717) is 27.7 Å². The number of carbonyl (C=O) groups is 1. The summed E-state index contributed by atoms with van der Waals surface area (Å²) in [4.78, 5) is 16.4. The van der Waals surface area contributed by atoms with E-state index in [1.807, 2.05) is 12.1 Å². The van der Waals surface area contributed by atoms with Gasteiger partial charge in [-0.2, -0.15) is 0 Å². The van der Waals surface area contributed by atoms with E-state index >= 15 is 0 Å². The van der Waals surface area contributed by atoms with E-state index in [4.69, 9.17) is 20.4 Å². The summed E-state index contributed by atoms with van der Waals surface area (Å²) in [5, 5.41) is 3.37. The third-order valence-electron chi connectivity index (χ3n) is 3.48. The molecular weight excluding hydrogens is 328 g/mol. The van der Waals surface area contributed by atoms with Crippen LogP contribution in [0.2, 0.25) is 5.02 Å². The number of nitrogens with one attached hydrogen (secondary N) is 1. The Morgan fingerprint density at radius 1 is 1.08 bits per heavy atom. The van der Waals surface area contributed by atoms with Crippen molar-refractivity contribution in [2.24, 2.45) is 0 Å². The summed E-state index contributed by atoms with van der Waals surface area (Å²) in [6.45, 7) is 0. The molecule has 5 nitrogen and oxygen atoms in total. The Balaban J connectivity index is 1.57. The molecule has 0 spiro atoms. The molecule has 0 bridgehead atoms. The molecule has 0 fully saturated rings. The highest BCUT2D eigenvalue weighted by molar-refractivity contribution is 6.31. The fourth-order valence-corrected chi connectivity index (χ4v) is 2.49. The van der Waals surface area contributed by atoms with Gasteiger partial charge in [0.15, 0.2) is 11.3 Å². The van der Waals surface area contributed by atoms with Crippen LogP contribution in [0.4, 0.5) is 5.69 Å². The topological polar surface area (TPSA) is 68.3 Å². The largest absolute Gasteiger partial charge is 0.459 e. The second-order valence-corrected chi connectivity index (χ2v) is 5.58. The van der Waals surface area contributed by atoms with Gasteiger partial charge in [0.25, 0.3) is 5.91 Å². The van der Waals surface area contributed by atoms with Crippen LogP contribution in [0.15, 0.2) is 69.7 Å². The normalized spacial score (nSPS) is 10.9. The van der Waals surface area contributed by atoms with E-state index < -0.39 is 0 Å². The third-order valence-corrected chi connectivity index (χ3v) is 3.72. The van der Waals surface area contributed by atoms with Crippen molar-refractivity contribution in [3.63, 3.8) is 0 Å². The number of anilines is 1. The molecule has 0 saturated heterocycles. The Bertz CT molecular complexity index is 1000. The number of nitrogens with zero attached hydrogens (tertiary/aromatic N) is 1. The number of halogens is 1. The molecular formula is C18H11ClN2O3. The molecule has 6 heteroatoms. The Labute approximate surface area is 141 Å². The molecule has 24 heavy (non-hydrogen) atoms. The Hall–Kier alpha value is -3.05. The van der Waals surface area contributed by atoms with Gasteiger partial charge in [0, 0.05) is 16.3 Å². The molecule has 0 aliphatic rings. The van der Waals surface area contributed by atoms with Crippen molar-refractivity contribution >= 4 is 34.3 Å². The first-order chi connectivity index (χ1) is 11.7. The van der Waals surface area contributed by atoms with Gasteiger partial charge in [0.05, 0.1) is 6.26 Å². The maximum atomic E-state index is 11.9. The summed E-state index contributed by atoms with van der Waals surface area (Å²) < 4.78 is 10.8. The molecule has 2 heterocycles. The fraction of sp³-hybridized carbons (Fsp3) is 0. The van der Waals surface area contributed by atoms with Crippen LogP contribution in [0.25, 0.3) is 22.6 Å². The first kappa shape index (κ1) is 14.5. The van der Waals surface area contributed by atoms with E-state index in [1.54, 1.807) is 42.5 Å². The summed E-state index contributed by atoms with van der Waals surface area (Å²) in [6.07, 6.45) is 1.46. The van der Waals surface area contributed by atoms with Crippen molar-refractivity contribution < 1.29 is 13.6 Å². The van der Waals surface area contributed by atoms with Gasteiger partial charge in [-0.25, -0.2) is 4.98 Å². The number of hydrogen-bond acceptors (Lipinski definition) is 4. The number of hydrogen-bond donors (Lipinski definition) is 1. The molecule has 0 aliphatic heterocycles. The third kappa shape index (κ3) is 2.77. The minimum atomic E-state index is -0.302. The number of oxazole rings is 1. The maximum absolute atomic E-state index is 11.9. The van der Waals surface area contributed by atoms with E-state index in [-0.39, 0.29) is 11.7 Å². The number of amides is 1. The zero-order chi connectivity index (χ0) is 16.5. The summed E-state index contributed by atoms with van der Waals surface area (Å²) in [5.74, 6) is 0.454. The fourth-order valence-electron chi connectivity index (χ4n) is 2.32. The van der Waals surface area contributed by atoms with E-state index in [0.717, 1.165) is 5.56 Å². The molecule has 0 unspecified atom stereocenters. The molecule has 0 saturated carbocycles. The van der Waals surface area contributed by atoms with Gasteiger partial charge in [-0.3, -0.25) is 4.79 Å². The van der Waals surface area contributed by atoms with E-state index in [9.17, 15) is 4.79 Å². The van der Waals surface area contributed by atoms with Crippen LogP contribution in [-0.2, 0) is 0 Å². The van der Waals surface area contributed by atoms with Crippen LogP contribution in [-0.4, -0.2) is 10.9 Å². The average Bonchev–Trinajstić information content (AvgIpc) is 3.24. The van der Waals surface area contributed by atoms with Crippen molar-refractivity contribution in [2.45, 2.75) is 0 Å². The maximum Gasteiger partial charge on any atom is 0.291 e. The van der Waals surface area contributed by atoms with Crippen molar-refractivity contribution in [1.82, 2.24) is 4.98 Å². The number of benzene rings is 2. The number of aromatic nitrogens is 1. The Morgan fingerprint density at radius 3 is 2.67 bits per heavy atom. The molecule has 4 aromatic rings. The molecule has 0 aliphatic carbocycles. The molecule has 2 aromatic heterocycles. The van der Waals surface area contributed by atoms with Crippen LogP contribution in [0, 0.1) is 0 Å². The standard InChI is InChI=1S/C18H11ClN2O3/c19-12-5-8-15-14(10-12)21-18(24-15)11-3-6-13(7-4-11)20-17(22)16-2-1-9-23-16/h1-10H,(H,20,22). The lowest BCUT2D eigenvalue weighted by molar-refractivity contribution is 0.0996. The van der Waals surface area contributed by atoms with Crippen LogP contribution < -0.4 is 5.32 Å². The highest BCUT2D eigenvalue weighted by Crippen LogP contribution is 2.27. The highest BCUT2D eigenvalue weighted by atomic mass is 35.5. The van der Waals surface area contributed by atoms with Crippen LogP contribution in [0.5, 0.6) is 0 Å². The highest BCUT2D eigenvalue weighted by Gasteiger charge is 2.11. The Kier molecular flexibility index (Phi) is 3.55. The Morgan fingerprint density at radius 2 is 1.92 bits per heavy atom. The zero-order valence-corrected chi connectivity index (χ0v) is 13.1. The van der Waals surface area contributed by atoms with Crippen LogP contribution in [0.3, 0.4) is 0 Å². The van der Waals surface area contributed by atoms with Gasteiger partial charge in [-0.05, 0) is 54.6 Å². The molecule has 118 valence electrons. The molecule has 2 aromatic carbocycles. The molecule has 1 N–H and O–H groups in total. The van der Waals surface area contributed by atoms with Crippen molar-refractivity contribution in [2.75, 3.05) is 5.32 Å². The lowest BCUT2D eigenvalue weighted by Crippen LogP contribution is -2.10. The number of carbonyl (C=O) groups excluding carboxylic acids is 1. The van der Waals surface area contributed by atoms with Gasteiger partial charge in [0.2, 0.25) is 5.89 Å². The van der Waals surface area contributed by atoms with Crippen molar-refractivity contribution in [3.8, 4) is 11.5 Å². The number of rotatable bonds is 3. The number of fused-ring (bicyclic) bond motifs is 1. The van der Waals surface area contributed by atoms with Gasteiger partial charge >= 0.3 is 0 Å². The summed E-state index contributed by atoms with van der Waals surface area (Å²) in [7, 11) is 0. The van der Waals surface area contributed by atoms with Crippen LogP contribution >= 0.6 is 11.6 Å². The smallest absolute Gasteiger partial charge is 0.291 e. The predicted octanol–water partition coefficient (Wildman–Crippen LogP) is 4.99.